The Morgan fingerprint density at radius 2 is 2.75 bits per heavy atom. The lowest BCUT2D eigenvalue weighted by Crippen LogP contribution is -1.99. The minimum atomic E-state index is 0.191. The molecule has 0 atom stereocenters. The van der Waals surface area contributed by atoms with Crippen molar-refractivity contribution in [3.05, 3.63) is 12.2 Å². The summed E-state index contributed by atoms with van der Waals surface area (Å²) >= 11 is 0. The molecular weight excluding hydrogens is 110 g/mol. The first-order chi connectivity index (χ1) is 3.93. The Morgan fingerprint density at radius 3 is 3.25 bits per heavy atom. The van der Waals surface area contributed by atoms with E-state index in [9.17, 15) is 0 Å². The van der Waals surface area contributed by atoms with Crippen LogP contribution in [0.2, 0.25) is 0 Å². The molecule has 5 nitrogen and oxygen atoms in total. The van der Waals surface area contributed by atoms with Crippen LogP contribution in [0.25, 0.3) is 0 Å². The molecule has 1 aromatic heterocycles. The highest BCUT2D eigenvalue weighted by molar-refractivity contribution is 4.71. The van der Waals surface area contributed by atoms with Gasteiger partial charge in [-0.05, 0) is 0 Å². The molecule has 0 fully saturated rings. The van der Waals surface area contributed by atoms with Gasteiger partial charge < -0.3 is 4.52 Å². The quantitative estimate of drug-likeness (QED) is 0.524. The van der Waals surface area contributed by atoms with Gasteiger partial charge in [0, 0.05) is 0 Å². The maximum atomic E-state index is 4.70. The molecule has 0 radical (unpaired) electrons. The maximum absolute atomic E-state index is 4.70. The second kappa shape index (κ2) is 2.39. The van der Waals surface area contributed by atoms with Crippen molar-refractivity contribution in [1.29, 1.82) is 0 Å². The molecule has 8 heavy (non-hydrogen) atoms. The lowest BCUT2D eigenvalue weighted by Gasteiger charge is -1.84. The van der Waals surface area contributed by atoms with E-state index in [0.717, 1.165) is 0 Å². The first-order valence-corrected chi connectivity index (χ1v) is 2.00. The summed E-state index contributed by atoms with van der Waals surface area (Å²) in [6.07, 6.45) is 1.22. The molecule has 0 aliphatic heterocycles. The Morgan fingerprint density at radius 1 is 1.88 bits per heavy atom. The van der Waals surface area contributed by atoms with Gasteiger partial charge in [-0.25, -0.2) is 5.90 Å². The zero-order chi connectivity index (χ0) is 5.82. The summed E-state index contributed by atoms with van der Waals surface area (Å²) in [6.45, 7) is 0.191. The van der Waals surface area contributed by atoms with Crippen molar-refractivity contribution in [1.82, 2.24) is 10.1 Å². The van der Waals surface area contributed by atoms with Gasteiger partial charge in [0.25, 0.3) is 0 Å². The molecular formula is C3H5N3O2. The van der Waals surface area contributed by atoms with Crippen molar-refractivity contribution in [2.45, 2.75) is 6.61 Å². The summed E-state index contributed by atoms with van der Waals surface area (Å²) in [6, 6.07) is 0. The third kappa shape index (κ3) is 1.02. The van der Waals surface area contributed by atoms with E-state index in [1.54, 1.807) is 0 Å². The van der Waals surface area contributed by atoms with Gasteiger partial charge in [-0.3, -0.25) is 4.84 Å². The van der Waals surface area contributed by atoms with E-state index in [1.807, 2.05) is 0 Å². The van der Waals surface area contributed by atoms with Gasteiger partial charge in [-0.15, -0.1) is 0 Å². The molecule has 0 amide bonds. The fourth-order valence-electron chi connectivity index (χ4n) is 0.331. The number of nitrogens with zero attached hydrogens (tertiary/aromatic N) is 2. The van der Waals surface area contributed by atoms with E-state index in [-0.39, 0.29) is 6.61 Å². The average Bonchev–Trinajstić information content (AvgIpc) is 2.19. The second-order valence-electron chi connectivity index (χ2n) is 1.16. The normalized spacial score (nSPS) is 9.62. The summed E-state index contributed by atoms with van der Waals surface area (Å²) in [5, 5.41) is 3.41. The number of hydrogen-bond acceptors (Lipinski definition) is 5. The predicted octanol–water partition coefficient (Wildman–Crippen LogP) is -0.540. The Kier molecular flexibility index (Phi) is 1.55. The summed E-state index contributed by atoms with van der Waals surface area (Å²) in [5.41, 5.74) is 0. The molecule has 0 saturated carbocycles. The minimum absolute atomic E-state index is 0.191. The SMILES string of the molecule is NOCc1ncon1. The van der Waals surface area contributed by atoms with Crippen molar-refractivity contribution < 1.29 is 9.36 Å². The van der Waals surface area contributed by atoms with Crippen LogP contribution in [0.15, 0.2) is 10.9 Å². The van der Waals surface area contributed by atoms with Gasteiger partial charge in [0.15, 0.2) is 5.82 Å². The van der Waals surface area contributed by atoms with Crippen molar-refractivity contribution in [2.75, 3.05) is 0 Å². The number of aromatic nitrogens is 2. The third-order valence-electron chi connectivity index (χ3n) is 0.619. The number of hydrogen-bond donors (Lipinski definition) is 1. The molecule has 0 spiro atoms. The number of rotatable bonds is 2. The van der Waals surface area contributed by atoms with Gasteiger partial charge in [0.1, 0.15) is 6.61 Å². The predicted molar refractivity (Wildman–Crippen MR) is 23.3 cm³/mol. The van der Waals surface area contributed by atoms with Gasteiger partial charge in [0.2, 0.25) is 6.39 Å². The van der Waals surface area contributed by atoms with Crippen LogP contribution in [0.4, 0.5) is 0 Å². The molecule has 0 aromatic carbocycles. The van der Waals surface area contributed by atoms with Crippen LogP contribution in [-0.4, -0.2) is 10.1 Å². The maximum Gasteiger partial charge on any atom is 0.213 e. The van der Waals surface area contributed by atoms with Crippen molar-refractivity contribution in [2.24, 2.45) is 5.90 Å². The zero-order valence-electron chi connectivity index (χ0n) is 4.07. The molecule has 0 saturated heterocycles. The Labute approximate surface area is 45.4 Å². The molecule has 1 heterocycles. The van der Waals surface area contributed by atoms with Crippen LogP contribution < -0.4 is 5.90 Å². The highest BCUT2D eigenvalue weighted by Crippen LogP contribution is 1.86. The molecule has 0 unspecified atom stereocenters. The van der Waals surface area contributed by atoms with Crippen LogP contribution in [0.3, 0.4) is 0 Å². The lowest BCUT2D eigenvalue weighted by molar-refractivity contribution is 0.116. The van der Waals surface area contributed by atoms with Crippen LogP contribution in [0.1, 0.15) is 5.82 Å². The first-order valence-electron chi connectivity index (χ1n) is 2.00. The molecule has 44 valence electrons. The fourth-order valence-corrected chi connectivity index (χ4v) is 0.331. The average molecular weight is 115 g/mol. The molecule has 0 bridgehead atoms. The third-order valence-corrected chi connectivity index (χ3v) is 0.619. The Hall–Kier alpha value is -0.940. The standard InChI is InChI=1S/C3H5N3O2/c4-7-1-3-5-2-8-6-3/h2H,1,4H2. The summed E-state index contributed by atoms with van der Waals surface area (Å²) in [7, 11) is 0. The van der Waals surface area contributed by atoms with E-state index in [2.05, 4.69) is 19.5 Å². The highest BCUT2D eigenvalue weighted by atomic mass is 16.6. The van der Waals surface area contributed by atoms with Gasteiger partial charge in [-0.2, -0.15) is 4.98 Å². The lowest BCUT2D eigenvalue weighted by atomic mass is 10.7. The van der Waals surface area contributed by atoms with Crippen molar-refractivity contribution in [3.63, 3.8) is 0 Å². The van der Waals surface area contributed by atoms with Gasteiger partial charge in [-0.1, -0.05) is 5.16 Å². The van der Waals surface area contributed by atoms with Crippen LogP contribution >= 0.6 is 0 Å². The van der Waals surface area contributed by atoms with Gasteiger partial charge >= 0.3 is 0 Å². The summed E-state index contributed by atoms with van der Waals surface area (Å²) in [4.78, 5) is 7.82. The number of nitrogens with two attached hydrogens (primary N) is 1. The Bertz CT molecular complexity index is 138. The van der Waals surface area contributed by atoms with E-state index in [4.69, 9.17) is 5.90 Å². The molecule has 0 aliphatic carbocycles. The van der Waals surface area contributed by atoms with E-state index in [0.29, 0.717) is 5.82 Å². The van der Waals surface area contributed by atoms with Crippen molar-refractivity contribution in [3.8, 4) is 0 Å². The molecule has 0 aliphatic rings. The molecule has 5 heteroatoms. The summed E-state index contributed by atoms with van der Waals surface area (Å²) in [5.74, 6) is 5.15. The zero-order valence-corrected chi connectivity index (χ0v) is 4.07. The van der Waals surface area contributed by atoms with E-state index >= 15 is 0 Å². The topological polar surface area (TPSA) is 74.2 Å². The van der Waals surface area contributed by atoms with E-state index in [1.165, 1.54) is 6.39 Å². The monoisotopic (exact) mass is 115 g/mol. The minimum Gasteiger partial charge on any atom is -0.343 e. The fraction of sp³-hybridized carbons (Fsp3) is 0.333. The van der Waals surface area contributed by atoms with Crippen LogP contribution in [0, 0.1) is 0 Å². The Balaban J connectivity index is 2.50. The molecule has 1 aromatic rings. The second-order valence-corrected chi connectivity index (χ2v) is 1.16. The first kappa shape index (κ1) is 5.20. The molecule has 1 rings (SSSR count). The van der Waals surface area contributed by atoms with Crippen LogP contribution in [0.5, 0.6) is 0 Å². The van der Waals surface area contributed by atoms with Crippen LogP contribution in [-0.2, 0) is 11.4 Å². The van der Waals surface area contributed by atoms with Crippen molar-refractivity contribution >= 4 is 0 Å². The van der Waals surface area contributed by atoms with E-state index < -0.39 is 0 Å². The molecule has 2 N–H and O–H groups in total. The smallest absolute Gasteiger partial charge is 0.213 e. The summed E-state index contributed by atoms with van der Waals surface area (Å²) < 4.78 is 4.37. The largest absolute Gasteiger partial charge is 0.343 e. The van der Waals surface area contributed by atoms with Gasteiger partial charge in [0.05, 0.1) is 0 Å². The highest BCUT2D eigenvalue weighted by Gasteiger charge is 1.93.